The number of rotatable bonds is 3. The Kier molecular flexibility index (Phi) is 4.74. The van der Waals surface area contributed by atoms with E-state index in [0.29, 0.717) is 6.04 Å². The Morgan fingerprint density at radius 2 is 2.00 bits per heavy atom. The van der Waals surface area contributed by atoms with E-state index in [-0.39, 0.29) is 12.5 Å². The first kappa shape index (κ1) is 16.2. The third-order valence-electron chi connectivity index (χ3n) is 5.41. The number of aromatic nitrogens is 4. The van der Waals surface area contributed by atoms with Crippen LogP contribution in [0.4, 0.5) is 0 Å². The Morgan fingerprint density at radius 1 is 1.12 bits per heavy atom. The first-order valence-electron chi connectivity index (χ1n) is 9.09. The molecule has 7 heteroatoms. The number of hydrogen-bond acceptors (Lipinski definition) is 5. The molecule has 1 amide bonds. The van der Waals surface area contributed by atoms with E-state index in [9.17, 15) is 4.79 Å². The van der Waals surface area contributed by atoms with Crippen molar-refractivity contribution in [3.8, 4) is 0 Å². The van der Waals surface area contributed by atoms with Crippen LogP contribution < -0.4 is 0 Å². The van der Waals surface area contributed by atoms with E-state index >= 15 is 0 Å². The highest BCUT2D eigenvalue weighted by Gasteiger charge is 2.27. The van der Waals surface area contributed by atoms with Gasteiger partial charge in [0.2, 0.25) is 5.91 Å². The highest BCUT2D eigenvalue weighted by atomic mass is 16.2. The van der Waals surface area contributed by atoms with Crippen LogP contribution in [0.25, 0.3) is 0 Å². The van der Waals surface area contributed by atoms with Gasteiger partial charge in [0.25, 0.3) is 0 Å². The molecule has 4 rings (SSSR count). The second-order valence-corrected chi connectivity index (χ2v) is 6.94. The molecule has 2 aromatic rings. The Labute approximate surface area is 147 Å². The average Bonchev–Trinajstić information content (AvgIpc) is 3.02. The van der Waals surface area contributed by atoms with Gasteiger partial charge in [0.15, 0.2) is 0 Å². The van der Waals surface area contributed by atoms with Gasteiger partial charge in [-0.2, -0.15) is 0 Å². The van der Waals surface area contributed by atoms with Gasteiger partial charge >= 0.3 is 0 Å². The molecule has 1 aliphatic heterocycles. The van der Waals surface area contributed by atoms with E-state index in [0.717, 1.165) is 39.0 Å². The SMILES string of the molecule is O=C(Cn1cnnn1)N1CCCN(C2CCc3ccccc3C2)CC1. The van der Waals surface area contributed by atoms with Crippen LogP contribution in [0.1, 0.15) is 24.0 Å². The zero-order valence-electron chi connectivity index (χ0n) is 14.4. The minimum atomic E-state index is 0.100. The summed E-state index contributed by atoms with van der Waals surface area (Å²) in [7, 11) is 0. The highest BCUT2D eigenvalue weighted by molar-refractivity contribution is 5.75. The molecular weight excluding hydrogens is 316 g/mol. The molecular formula is C18H24N6O. The molecule has 132 valence electrons. The van der Waals surface area contributed by atoms with Gasteiger partial charge < -0.3 is 4.90 Å². The van der Waals surface area contributed by atoms with E-state index in [2.05, 4.69) is 44.7 Å². The predicted octanol–water partition coefficient (Wildman–Crippen LogP) is 0.765. The van der Waals surface area contributed by atoms with Crippen molar-refractivity contribution in [2.45, 2.75) is 38.3 Å². The minimum Gasteiger partial charge on any atom is -0.340 e. The summed E-state index contributed by atoms with van der Waals surface area (Å²) < 4.78 is 1.49. The zero-order valence-corrected chi connectivity index (χ0v) is 14.4. The molecule has 0 N–H and O–H groups in total. The van der Waals surface area contributed by atoms with E-state index in [1.165, 1.54) is 35.0 Å². The van der Waals surface area contributed by atoms with Crippen molar-refractivity contribution in [2.24, 2.45) is 0 Å². The van der Waals surface area contributed by atoms with Crippen LogP contribution in [0, 0.1) is 0 Å². The second kappa shape index (κ2) is 7.31. The van der Waals surface area contributed by atoms with Crippen LogP contribution in [0.3, 0.4) is 0 Å². The lowest BCUT2D eigenvalue weighted by atomic mass is 9.87. The first-order chi connectivity index (χ1) is 12.3. The van der Waals surface area contributed by atoms with Crippen LogP contribution in [-0.4, -0.2) is 68.1 Å². The fourth-order valence-corrected chi connectivity index (χ4v) is 4.03. The molecule has 1 aromatic heterocycles. The zero-order chi connectivity index (χ0) is 17.1. The van der Waals surface area contributed by atoms with Crippen molar-refractivity contribution in [1.29, 1.82) is 0 Å². The molecule has 2 aliphatic rings. The number of carbonyl (C=O) groups is 1. The van der Waals surface area contributed by atoms with Crippen molar-refractivity contribution in [3.05, 3.63) is 41.7 Å². The molecule has 1 unspecified atom stereocenters. The van der Waals surface area contributed by atoms with Crippen LogP contribution in [0.15, 0.2) is 30.6 Å². The molecule has 0 bridgehead atoms. The monoisotopic (exact) mass is 340 g/mol. The van der Waals surface area contributed by atoms with Gasteiger partial charge in [-0.05, 0) is 47.2 Å². The predicted molar refractivity (Wildman–Crippen MR) is 92.8 cm³/mol. The second-order valence-electron chi connectivity index (χ2n) is 6.94. The lowest BCUT2D eigenvalue weighted by Crippen LogP contribution is -2.42. The number of carbonyl (C=O) groups excluding carboxylic acids is 1. The fraction of sp³-hybridized carbons (Fsp3) is 0.556. The molecule has 1 aliphatic carbocycles. The smallest absolute Gasteiger partial charge is 0.244 e. The average molecular weight is 340 g/mol. The molecule has 7 nitrogen and oxygen atoms in total. The Bertz CT molecular complexity index is 716. The molecule has 0 saturated carbocycles. The van der Waals surface area contributed by atoms with Gasteiger partial charge in [-0.1, -0.05) is 24.3 Å². The summed E-state index contributed by atoms with van der Waals surface area (Å²) in [5.41, 5.74) is 3.00. The molecule has 1 atom stereocenters. The lowest BCUT2D eigenvalue weighted by molar-refractivity contribution is -0.132. The van der Waals surface area contributed by atoms with Crippen LogP contribution in [0.2, 0.25) is 0 Å². The Hall–Kier alpha value is -2.28. The summed E-state index contributed by atoms with van der Waals surface area (Å²) in [6, 6.07) is 9.40. The summed E-state index contributed by atoms with van der Waals surface area (Å²) in [6.45, 7) is 3.86. The van der Waals surface area contributed by atoms with Gasteiger partial charge in [0, 0.05) is 32.2 Å². The number of nitrogens with zero attached hydrogens (tertiary/aromatic N) is 6. The first-order valence-corrected chi connectivity index (χ1v) is 9.09. The number of amides is 1. The minimum absolute atomic E-state index is 0.100. The van der Waals surface area contributed by atoms with E-state index in [1.54, 1.807) is 0 Å². The molecule has 25 heavy (non-hydrogen) atoms. The van der Waals surface area contributed by atoms with Crippen molar-refractivity contribution in [2.75, 3.05) is 26.2 Å². The third-order valence-corrected chi connectivity index (χ3v) is 5.41. The quantitative estimate of drug-likeness (QED) is 0.825. The van der Waals surface area contributed by atoms with Gasteiger partial charge in [-0.25, -0.2) is 4.68 Å². The topological polar surface area (TPSA) is 67.2 Å². The van der Waals surface area contributed by atoms with Crippen molar-refractivity contribution < 1.29 is 4.79 Å². The van der Waals surface area contributed by atoms with Crippen molar-refractivity contribution >= 4 is 5.91 Å². The molecule has 1 saturated heterocycles. The number of fused-ring (bicyclic) bond motifs is 1. The molecule has 0 radical (unpaired) electrons. The standard InChI is InChI=1S/C18H24N6O/c25-18(13-24-14-19-20-21-24)23-9-3-8-22(10-11-23)17-7-6-15-4-1-2-5-16(15)12-17/h1-2,4-5,14,17H,3,6-13H2. The summed E-state index contributed by atoms with van der Waals surface area (Å²) in [5.74, 6) is 0.100. The van der Waals surface area contributed by atoms with Crippen molar-refractivity contribution in [3.63, 3.8) is 0 Å². The van der Waals surface area contributed by atoms with Gasteiger partial charge in [-0.3, -0.25) is 9.69 Å². The number of benzene rings is 1. The molecule has 2 heterocycles. The normalized spacial score (nSPS) is 21.6. The third kappa shape index (κ3) is 3.71. The Morgan fingerprint density at radius 3 is 2.84 bits per heavy atom. The largest absolute Gasteiger partial charge is 0.340 e. The Balaban J connectivity index is 1.35. The fourth-order valence-electron chi connectivity index (χ4n) is 4.03. The van der Waals surface area contributed by atoms with Gasteiger partial charge in [-0.15, -0.1) is 5.10 Å². The summed E-state index contributed by atoms with van der Waals surface area (Å²) >= 11 is 0. The number of aryl methyl sites for hydroxylation is 1. The van der Waals surface area contributed by atoms with Crippen LogP contribution >= 0.6 is 0 Å². The number of tetrazole rings is 1. The van der Waals surface area contributed by atoms with Crippen LogP contribution in [0.5, 0.6) is 0 Å². The van der Waals surface area contributed by atoms with Crippen LogP contribution in [-0.2, 0) is 24.2 Å². The maximum atomic E-state index is 12.5. The summed E-state index contributed by atoms with van der Waals surface area (Å²) in [4.78, 5) is 17.0. The maximum Gasteiger partial charge on any atom is 0.244 e. The van der Waals surface area contributed by atoms with E-state index in [1.807, 2.05) is 4.90 Å². The molecule has 1 fully saturated rings. The summed E-state index contributed by atoms with van der Waals surface area (Å²) in [6.07, 6.45) is 6.03. The van der Waals surface area contributed by atoms with Gasteiger partial charge in [0.1, 0.15) is 12.9 Å². The van der Waals surface area contributed by atoms with Gasteiger partial charge in [0.05, 0.1) is 0 Å². The van der Waals surface area contributed by atoms with E-state index < -0.39 is 0 Å². The summed E-state index contributed by atoms with van der Waals surface area (Å²) in [5, 5.41) is 10.9. The molecule has 0 spiro atoms. The lowest BCUT2D eigenvalue weighted by Gasteiger charge is -2.34. The maximum absolute atomic E-state index is 12.5. The highest BCUT2D eigenvalue weighted by Crippen LogP contribution is 2.25. The van der Waals surface area contributed by atoms with Crippen molar-refractivity contribution in [1.82, 2.24) is 30.0 Å². The van der Waals surface area contributed by atoms with E-state index in [4.69, 9.17) is 0 Å². The number of hydrogen-bond donors (Lipinski definition) is 0. The molecule has 1 aromatic carbocycles.